The maximum absolute atomic E-state index is 12.8. The molecule has 0 spiro atoms. The number of hydrogen-bond donors (Lipinski definition) is 1. The van der Waals surface area contributed by atoms with Crippen molar-refractivity contribution in [1.29, 1.82) is 0 Å². The molecule has 132 valence electrons. The van der Waals surface area contributed by atoms with Gasteiger partial charge in [-0.3, -0.25) is 4.79 Å². The van der Waals surface area contributed by atoms with Gasteiger partial charge >= 0.3 is 0 Å². The molecule has 0 aromatic heterocycles. The molecule has 1 N–H and O–H groups in total. The molecule has 6 heteroatoms. The Hall–Kier alpha value is -1.79. The van der Waals surface area contributed by atoms with E-state index in [4.69, 9.17) is 14.2 Å². The number of carbonyl (C=O) groups excluding carboxylic acids is 1. The number of nitrogens with zero attached hydrogens (tertiary/aromatic N) is 1. The summed E-state index contributed by atoms with van der Waals surface area (Å²) in [6.07, 6.45) is 2.43. The number of nitrogens with one attached hydrogen (secondary N) is 1. The van der Waals surface area contributed by atoms with Gasteiger partial charge in [-0.15, -0.1) is 0 Å². The van der Waals surface area contributed by atoms with Crippen LogP contribution in [0.5, 0.6) is 11.5 Å². The van der Waals surface area contributed by atoms with Gasteiger partial charge in [-0.05, 0) is 31.0 Å². The molecule has 0 aliphatic carbocycles. The number of ether oxygens (including phenoxy) is 3. The smallest absolute Gasteiger partial charge is 0.224 e. The van der Waals surface area contributed by atoms with E-state index in [1.807, 2.05) is 23.1 Å². The molecule has 2 heterocycles. The second-order valence-corrected chi connectivity index (χ2v) is 6.28. The molecule has 2 aliphatic rings. The first-order valence-corrected chi connectivity index (χ1v) is 8.55. The number of amides is 1. The fourth-order valence-corrected chi connectivity index (χ4v) is 3.57. The Morgan fingerprint density at radius 2 is 2.25 bits per heavy atom. The molecule has 2 saturated heterocycles. The summed E-state index contributed by atoms with van der Waals surface area (Å²) in [4.78, 5) is 14.8. The second kappa shape index (κ2) is 7.85. The van der Waals surface area contributed by atoms with Crippen LogP contribution in [0.15, 0.2) is 18.2 Å². The minimum atomic E-state index is 0.0482. The zero-order valence-corrected chi connectivity index (χ0v) is 14.4. The van der Waals surface area contributed by atoms with Crippen molar-refractivity contribution in [2.45, 2.75) is 31.3 Å². The first-order chi connectivity index (χ1) is 11.7. The van der Waals surface area contributed by atoms with Crippen molar-refractivity contribution in [3.8, 4) is 11.5 Å². The molecule has 2 aliphatic heterocycles. The third-order valence-corrected chi connectivity index (χ3v) is 4.79. The summed E-state index contributed by atoms with van der Waals surface area (Å²) in [5.74, 6) is 1.76. The first kappa shape index (κ1) is 17.0. The number of methoxy groups -OCH3 is 2. The minimum Gasteiger partial charge on any atom is -0.497 e. The summed E-state index contributed by atoms with van der Waals surface area (Å²) in [6.45, 7) is 2.92. The van der Waals surface area contributed by atoms with Crippen LogP contribution in [-0.4, -0.2) is 57.4 Å². The van der Waals surface area contributed by atoms with Crippen LogP contribution in [0.3, 0.4) is 0 Å². The van der Waals surface area contributed by atoms with Gasteiger partial charge in [-0.25, -0.2) is 0 Å². The molecule has 6 nitrogen and oxygen atoms in total. The van der Waals surface area contributed by atoms with E-state index in [-0.39, 0.29) is 18.0 Å². The molecule has 2 fully saturated rings. The van der Waals surface area contributed by atoms with Crippen molar-refractivity contribution < 1.29 is 19.0 Å². The van der Waals surface area contributed by atoms with E-state index in [1.165, 1.54) is 0 Å². The predicted molar refractivity (Wildman–Crippen MR) is 90.5 cm³/mol. The van der Waals surface area contributed by atoms with Gasteiger partial charge in [0.15, 0.2) is 0 Å². The minimum absolute atomic E-state index is 0.0482. The van der Waals surface area contributed by atoms with Crippen LogP contribution in [0.25, 0.3) is 0 Å². The maximum atomic E-state index is 12.8. The zero-order valence-electron chi connectivity index (χ0n) is 14.4. The number of likely N-dealkylation sites (tertiary alicyclic amines) is 1. The van der Waals surface area contributed by atoms with Crippen molar-refractivity contribution in [2.75, 3.05) is 40.5 Å². The Balaban J connectivity index is 1.76. The summed E-state index contributed by atoms with van der Waals surface area (Å²) >= 11 is 0. The lowest BCUT2D eigenvalue weighted by atomic mass is 10.0. The summed E-state index contributed by atoms with van der Waals surface area (Å²) in [7, 11) is 3.31. The van der Waals surface area contributed by atoms with E-state index in [2.05, 4.69) is 5.32 Å². The van der Waals surface area contributed by atoms with Crippen molar-refractivity contribution >= 4 is 5.91 Å². The molecular formula is C18H26N2O4. The van der Waals surface area contributed by atoms with Crippen molar-refractivity contribution in [1.82, 2.24) is 10.2 Å². The van der Waals surface area contributed by atoms with Gasteiger partial charge in [-0.1, -0.05) is 0 Å². The lowest BCUT2D eigenvalue weighted by Gasteiger charge is -2.30. The second-order valence-electron chi connectivity index (χ2n) is 6.28. The van der Waals surface area contributed by atoms with Gasteiger partial charge in [0.1, 0.15) is 11.5 Å². The summed E-state index contributed by atoms with van der Waals surface area (Å²) in [5.41, 5.74) is 1.02. The average molecular weight is 334 g/mol. The van der Waals surface area contributed by atoms with Crippen molar-refractivity contribution in [3.05, 3.63) is 23.8 Å². The highest BCUT2D eigenvalue weighted by Gasteiger charge is 2.33. The first-order valence-electron chi connectivity index (χ1n) is 8.55. The van der Waals surface area contributed by atoms with Crippen LogP contribution in [0, 0.1) is 0 Å². The molecule has 2 atom stereocenters. The van der Waals surface area contributed by atoms with Gasteiger partial charge in [0.25, 0.3) is 0 Å². The maximum Gasteiger partial charge on any atom is 0.224 e. The van der Waals surface area contributed by atoms with Crippen LogP contribution in [0.2, 0.25) is 0 Å². The van der Waals surface area contributed by atoms with E-state index in [0.29, 0.717) is 13.0 Å². The summed E-state index contributed by atoms with van der Waals surface area (Å²) in [5, 5.41) is 3.35. The monoisotopic (exact) mass is 334 g/mol. The van der Waals surface area contributed by atoms with E-state index in [0.717, 1.165) is 49.6 Å². The third-order valence-electron chi connectivity index (χ3n) is 4.79. The molecule has 3 rings (SSSR count). The number of rotatable bonds is 5. The third kappa shape index (κ3) is 3.65. The Labute approximate surface area is 143 Å². The highest BCUT2D eigenvalue weighted by molar-refractivity contribution is 5.78. The SMILES string of the molecule is COc1ccc(OC)c(C2CCCN2C(=O)CC2COCCN2)c1. The molecular weight excluding hydrogens is 308 g/mol. The van der Waals surface area contributed by atoms with Gasteiger partial charge in [0, 0.05) is 31.1 Å². The topological polar surface area (TPSA) is 60.0 Å². The van der Waals surface area contributed by atoms with Gasteiger partial charge in [0.2, 0.25) is 5.91 Å². The highest BCUT2D eigenvalue weighted by Crippen LogP contribution is 2.39. The van der Waals surface area contributed by atoms with Gasteiger partial charge in [-0.2, -0.15) is 0 Å². The fraction of sp³-hybridized carbons (Fsp3) is 0.611. The zero-order chi connectivity index (χ0) is 16.9. The molecule has 2 unspecified atom stereocenters. The summed E-state index contributed by atoms with van der Waals surface area (Å²) in [6, 6.07) is 5.93. The predicted octanol–water partition coefficient (Wildman–Crippen LogP) is 1.75. The molecule has 1 aromatic carbocycles. The molecule has 24 heavy (non-hydrogen) atoms. The quantitative estimate of drug-likeness (QED) is 0.889. The molecule has 0 bridgehead atoms. The van der Waals surface area contributed by atoms with E-state index < -0.39 is 0 Å². The largest absolute Gasteiger partial charge is 0.497 e. The van der Waals surface area contributed by atoms with Crippen molar-refractivity contribution in [2.24, 2.45) is 0 Å². The molecule has 1 amide bonds. The molecule has 0 radical (unpaired) electrons. The van der Waals surface area contributed by atoms with Crippen LogP contribution in [-0.2, 0) is 9.53 Å². The van der Waals surface area contributed by atoms with Gasteiger partial charge in [0.05, 0.1) is 33.5 Å². The van der Waals surface area contributed by atoms with Crippen molar-refractivity contribution in [3.63, 3.8) is 0 Å². The average Bonchev–Trinajstić information content (AvgIpc) is 3.11. The van der Waals surface area contributed by atoms with E-state index in [1.54, 1.807) is 14.2 Å². The Morgan fingerprint density at radius 1 is 1.38 bits per heavy atom. The fourth-order valence-electron chi connectivity index (χ4n) is 3.57. The van der Waals surface area contributed by atoms with Crippen LogP contribution >= 0.6 is 0 Å². The van der Waals surface area contributed by atoms with Crippen LogP contribution < -0.4 is 14.8 Å². The molecule has 1 aromatic rings. The van der Waals surface area contributed by atoms with Crippen LogP contribution in [0.4, 0.5) is 0 Å². The molecule has 0 saturated carbocycles. The number of carbonyl (C=O) groups is 1. The number of benzene rings is 1. The Morgan fingerprint density at radius 3 is 2.96 bits per heavy atom. The normalized spacial score (nSPS) is 24.0. The van der Waals surface area contributed by atoms with Gasteiger partial charge < -0.3 is 24.4 Å². The van der Waals surface area contributed by atoms with Crippen LogP contribution in [0.1, 0.15) is 30.9 Å². The lowest BCUT2D eigenvalue weighted by molar-refractivity contribution is -0.133. The standard InChI is InChI=1S/C18H26N2O4/c1-22-14-5-6-17(23-2)15(11-14)16-4-3-8-20(16)18(21)10-13-12-24-9-7-19-13/h5-6,11,13,16,19H,3-4,7-10,12H2,1-2H3. The van der Waals surface area contributed by atoms with E-state index in [9.17, 15) is 4.79 Å². The Kier molecular flexibility index (Phi) is 5.58. The lowest BCUT2D eigenvalue weighted by Crippen LogP contribution is -2.45. The summed E-state index contributed by atoms with van der Waals surface area (Å²) < 4.78 is 16.3. The number of hydrogen-bond acceptors (Lipinski definition) is 5. The highest BCUT2D eigenvalue weighted by atomic mass is 16.5. The Bertz CT molecular complexity index is 572. The number of morpholine rings is 1. The van der Waals surface area contributed by atoms with E-state index >= 15 is 0 Å².